The van der Waals surface area contributed by atoms with Gasteiger partial charge in [0.25, 0.3) is 0 Å². The van der Waals surface area contributed by atoms with Gasteiger partial charge in [0.1, 0.15) is 12.2 Å². The van der Waals surface area contributed by atoms with Gasteiger partial charge in [0, 0.05) is 6.61 Å². The monoisotopic (exact) mass is 432 g/mol. The van der Waals surface area contributed by atoms with Gasteiger partial charge < -0.3 is 31.5 Å². The van der Waals surface area contributed by atoms with Gasteiger partial charge in [-0.2, -0.15) is 0 Å². The molecule has 0 aromatic rings. The van der Waals surface area contributed by atoms with Gasteiger partial charge in [0.2, 0.25) is 11.8 Å². The van der Waals surface area contributed by atoms with Crippen LogP contribution in [0.25, 0.3) is 0 Å². The summed E-state index contributed by atoms with van der Waals surface area (Å²) in [5, 5.41) is 29.1. The van der Waals surface area contributed by atoms with E-state index >= 15 is 0 Å². The Morgan fingerprint density at radius 3 is 1.43 bits per heavy atom. The average Bonchev–Trinajstić information content (AvgIpc) is 2.71. The second-order valence-electron chi connectivity index (χ2n) is 8.12. The molecule has 0 aromatic heterocycles. The summed E-state index contributed by atoms with van der Waals surface area (Å²) in [6.07, 6.45) is 9.72. The van der Waals surface area contributed by atoms with Crippen molar-refractivity contribution in [2.75, 3.05) is 6.61 Å². The first-order chi connectivity index (χ1) is 14.3. The molecule has 0 saturated heterocycles. The molecule has 0 aliphatic rings. The van der Waals surface area contributed by atoms with Crippen molar-refractivity contribution in [3.8, 4) is 0 Å². The Kier molecular flexibility index (Phi) is 17.8. The van der Waals surface area contributed by atoms with Gasteiger partial charge in [-0.25, -0.2) is 0 Å². The highest BCUT2D eigenvalue weighted by Crippen LogP contribution is 2.14. The van der Waals surface area contributed by atoms with Gasteiger partial charge in [-0.15, -0.1) is 0 Å². The van der Waals surface area contributed by atoms with Crippen molar-refractivity contribution in [2.24, 2.45) is 11.5 Å². The zero-order valence-electron chi connectivity index (χ0n) is 18.6. The molecule has 7 N–H and O–H groups in total. The first-order valence-corrected chi connectivity index (χ1v) is 11.6. The van der Waals surface area contributed by atoms with Crippen molar-refractivity contribution in [3.05, 3.63) is 0 Å². The van der Waals surface area contributed by atoms with Crippen LogP contribution in [-0.4, -0.2) is 58.2 Å². The topological polar surface area (TPSA) is 156 Å². The second kappa shape index (κ2) is 18.5. The number of aliphatic hydroxyl groups excluding tert-OH is 3. The molecule has 0 fully saturated rings. The number of carbonyl (C=O) groups is 2. The van der Waals surface area contributed by atoms with E-state index in [1.165, 1.54) is 64.2 Å². The molecule has 8 heteroatoms. The van der Waals surface area contributed by atoms with Crippen LogP contribution in [0.2, 0.25) is 0 Å². The maximum atomic E-state index is 11.4. The van der Waals surface area contributed by atoms with Crippen LogP contribution in [0.3, 0.4) is 0 Å². The Hall–Kier alpha value is -1.22. The van der Waals surface area contributed by atoms with E-state index in [1.54, 1.807) is 0 Å². The van der Waals surface area contributed by atoms with Gasteiger partial charge in [-0.3, -0.25) is 9.59 Å². The van der Waals surface area contributed by atoms with Crippen LogP contribution in [0, 0.1) is 0 Å². The van der Waals surface area contributed by atoms with Crippen LogP contribution in [0.1, 0.15) is 96.8 Å². The third-order valence-corrected chi connectivity index (χ3v) is 5.35. The molecule has 4 atom stereocenters. The Labute approximate surface area is 181 Å². The number of unbranched alkanes of at least 4 members (excludes halogenated alkanes) is 13. The van der Waals surface area contributed by atoms with Crippen LogP contribution >= 0.6 is 0 Å². The number of amides is 2. The minimum Gasteiger partial charge on any atom is -0.387 e. The highest BCUT2D eigenvalue weighted by atomic mass is 16.5. The van der Waals surface area contributed by atoms with Crippen molar-refractivity contribution in [1.82, 2.24) is 0 Å². The van der Waals surface area contributed by atoms with Crippen molar-refractivity contribution in [3.63, 3.8) is 0 Å². The van der Waals surface area contributed by atoms with Gasteiger partial charge in [0.05, 0.1) is 0 Å². The summed E-state index contributed by atoms with van der Waals surface area (Å²) in [6.45, 7) is 2.42. The number of aliphatic hydroxyl groups is 3. The molecular weight excluding hydrogens is 388 g/mol. The van der Waals surface area contributed by atoms with E-state index in [0.29, 0.717) is 6.42 Å². The van der Waals surface area contributed by atoms with Crippen LogP contribution < -0.4 is 11.5 Å². The van der Waals surface area contributed by atoms with Crippen molar-refractivity contribution in [2.45, 2.75) is 121 Å². The zero-order valence-corrected chi connectivity index (χ0v) is 18.6. The highest BCUT2D eigenvalue weighted by Gasteiger charge is 2.37. The number of hydrogen-bond donors (Lipinski definition) is 5. The molecule has 0 rings (SSSR count). The molecular formula is C22H44N2O6. The largest absolute Gasteiger partial charge is 0.387 e. The molecule has 0 bridgehead atoms. The van der Waals surface area contributed by atoms with Gasteiger partial charge in [-0.05, 0) is 6.42 Å². The number of nitrogens with two attached hydrogens (primary N) is 2. The lowest BCUT2D eigenvalue weighted by Crippen LogP contribution is -2.53. The number of ether oxygens (including phenoxy) is 1. The molecule has 0 aliphatic carbocycles. The first kappa shape index (κ1) is 28.8. The Balaban J connectivity index is 3.73. The fourth-order valence-corrected chi connectivity index (χ4v) is 3.39. The standard InChI is InChI=1S/C22H44N2O6/c1-2-3-4-5-6-7-8-9-10-11-12-13-14-15-16-30-20(22(24)29)18(26)17(25)19(27)21(23)28/h17-20,25-27H,2-16H2,1H3,(H2,23,28)(H2,24,29)/t17-,18-,19-,20+/m0/s1. The smallest absolute Gasteiger partial charge is 0.249 e. The van der Waals surface area contributed by atoms with Gasteiger partial charge >= 0.3 is 0 Å². The summed E-state index contributed by atoms with van der Waals surface area (Å²) in [5.74, 6) is -2.19. The molecule has 0 spiro atoms. The third-order valence-electron chi connectivity index (χ3n) is 5.35. The van der Waals surface area contributed by atoms with E-state index in [-0.39, 0.29) is 6.61 Å². The number of carbonyl (C=O) groups excluding carboxylic acids is 2. The molecule has 178 valence electrons. The number of rotatable bonds is 21. The maximum absolute atomic E-state index is 11.4. The molecule has 30 heavy (non-hydrogen) atoms. The zero-order chi connectivity index (χ0) is 22.8. The lowest BCUT2D eigenvalue weighted by Gasteiger charge is -2.26. The normalized spacial score (nSPS) is 15.5. The molecule has 0 aromatic carbocycles. The first-order valence-electron chi connectivity index (χ1n) is 11.6. The van der Waals surface area contributed by atoms with Crippen LogP contribution in [0.5, 0.6) is 0 Å². The average molecular weight is 433 g/mol. The summed E-state index contributed by atoms with van der Waals surface area (Å²) < 4.78 is 5.28. The summed E-state index contributed by atoms with van der Waals surface area (Å²) in [4.78, 5) is 22.3. The fraction of sp³-hybridized carbons (Fsp3) is 0.909. The molecule has 8 nitrogen and oxygen atoms in total. The van der Waals surface area contributed by atoms with Crippen molar-refractivity contribution < 1.29 is 29.6 Å². The predicted octanol–water partition coefficient (Wildman–Crippen LogP) is 1.91. The highest BCUT2D eigenvalue weighted by molar-refractivity contribution is 5.81. The maximum Gasteiger partial charge on any atom is 0.249 e. The fourth-order valence-electron chi connectivity index (χ4n) is 3.39. The lowest BCUT2D eigenvalue weighted by atomic mass is 10.0. The summed E-state index contributed by atoms with van der Waals surface area (Å²) >= 11 is 0. The molecule has 0 unspecified atom stereocenters. The molecule has 0 aliphatic heterocycles. The van der Waals surface area contributed by atoms with Crippen LogP contribution in [-0.2, 0) is 14.3 Å². The summed E-state index contributed by atoms with van der Waals surface area (Å²) in [5.41, 5.74) is 10.0. The van der Waals surface area contributed by atoms with Gasteiger partial charge in [0.15, 0.2) is 12.2 Å². The van der Waals surface area contributed by atoms with Crippen molar-refractivity contribution >= 4 is 11.8 Å². The Bertz CT molecular complexity index is 449. The Morgan fingerprint density at radius 2 is 1.07 bits per heavy atom. The van der Waals surface area contributed by atoms with Gasteiger partial charge in [-0.1, -0.05) is 90.4 Å². The van der Waals surface area contributed by atoms with Crippen LogP contribution in [0.4, 0.5) is 0 Å². The molecule has 0 saturated carbocycles. The van der Waals surface area contributed by atoms with E-state index in [2.05, 4.69) is 6.92 Å². The number of hydrogen-bond acceptors (Lipinski definition) is 6. The minimum atomic E-state index is -2.01. The van der Waals surface area contributed by atoms with E-state index in [1.807, 2.05) is 0 Å². The van der Waals surface area contributed by atoms with Crippen LogP contribution in [0.15, 0.2) is 0 Å². The minimum absolute atomic E-state index is 0.183. The quantitative estimate of drug-likeness (QED) is 0.174. The number of primary amides is 2. The van der Waals surface area contributed by atoms with E-state index < -0.39 is 36.2 Å². The van der Waals surface area contributed by atoms with Crippen molar-refractivity contribution in [1.29, 1.82) is 0 Å². The summed E-state index contributed by atoms with van der Waals surface area (Å²) in [6, 6.07) is 0. The third kappa shape index (κ3) is 13.9. The molecule has 0 heterocycles. The predicted molar refractivity (Wildman–Crippen MR) is 116 cm³/mol. The SMILES string of the molecule is CCCCCCCCCCCCCCCCO[C@@H](C(N)=O)[C@@H](O)[C@H](O)[C@H](O)C(N)=O. The Morgan fingerprint density at radius 1 is 0.667 bits per heavy atom. The lowest BCUT2D eigenvalue weighted by molar-refractivity contribution is -0.158. The molecule has 2 amide bonds. The summed E-state index contributed by atoms with van der Waals surface area (Å²) in [7, 11) is 0. The van der Waals surface area contributed by atoms with E-state index in [0.717, 1.165) is 19.3 Å². The molecule has 0 radical (unpaired) electrons. The second-order valence-corrected chi connectivity index (χ2v) is 8.12. The van der Waals surface area contributed by atoms with E-state index in [4.69, 9.17) is 16.2 Å². The van der Waals surface area contributed by atoms with E-state index in [9.17, 15) is 24.9 Å².